The fourth-order valence-electron chi connectivity index (χ4n) is 2.33. The summed E-state index contributed by atoms with van der Waals surface area (Å²) in [5.74, 6) is 0.570. The van der Waals surface area contributed by atoms with Crippen LogP contribution in [0.15, 0.2) is 48.8 Å². The van der Waals surface area contributed by atoms with Gasteiger partial charge in [-0.2, -0.15) is 0 Å². The number of aliphatic hydroxyl groups is 1. The van der Waals surface area contributed by atoms with Crippen molar-refractivity contribution < 1.29 is 10.2 Å². The highest BCUT2D eigenvalue weighted by atomic mass is 32.2. The van der Waals surface area contributed by atoms with Crippen LogP contribution < -0.4 is 0 Å². The highest BCUT2D eigenvalue weighted by molar-refractivity contribution is 8.23. The molecule has 1 atom stereocenters. The number of benzene rings is 1. The number of hydrogen-bond donors (Lipinski definition) is 2. The average molecular weight is 318 g/mol. The first kappa shape index (κ1) is 14.3. The van der Waals surface area contributed by atoms with Crippen molar-refractivity contribution in [2.75, 3.05) is 5.75 Å². The summed E-state index contributed by atoms with van der Waals surface area (Å²) in [6.45, 7) is 0.478. The number of thiocarbonyl (C=S) groups is 1. The molecule has 2 aromatic rings. The second kappa shape index (κ2) is 5.63. The molecule has 1 aromatic heterocycles. The van der Waals surface area contributed by atoms with E-state index < -0.39 is 5.72 Å². The molecular weight excluding hydrogens is 304 g/mol. The van der Waals surface area contributed by atoms with Crippen molar-refractivity contribution in [1.82, 2.24) is 9.88 Å². The van der Waals surface area contributed by atoms with Crippen LogP contribution >= 0.6 is 24.0 Å². The van der Waals surface area contributed by atoms with Gasteiger partial charge in [-0.05, 0) is 23.8 Å². The Kier molecular flexibility index (Phi) is 3.84. The summed E-state index contributed by atoms with van der Waals surface area (Å²) in [5, 5.41) is 20.7. The Hall–Kier alpha value is -1.63. The quantitative estimate of drug-likeness (QED) is 0.848. The van der Waals surface area contributed by atoms with Gasteiger partial charge in [-0.1, -0.05) is 42.2 Å². The number of phenols is 1. The van der Waals surface area contributed by atoms with E-state index in [9.17, 15) is 10.2 Å². The van der Waals surface area contributed by atoms with Gasteiger partial charge in [0.05, 0.1) is 5.75 Å². The van der Waals surface area contributed by atoms with Crippen molar-refractivity contribution in [3.63, 3.8) is 0 Å². The lowest BCUT2D eigenvalue weighted by Gasteiger charge is -2.34. The standard InChI is InChI=1S/C15H14N2O2S2/c18-13-5-1-4-12(7-13)15(19)10-21-14(20)17(15)9-11-3-2-6-16-8-11/h1-8,18-19H,9-10H2. The van der Waals surface area contributed by atoms with Crippen LogP contribution in [0.4, 0.5) is 0 Å². The van der Waals surface area contributed by atoms with E-state index in [2.05, 4.69) is 4.98 Å². The lowest BCUT2D eigenvalue weighted by molar-refractivity contribution is -0.0510. The molecule has 3 rings (SSSR count). The molecule has 1 fully saturated rings. The topological polar surface area (TPSA) is 56.6 Å². The summed E-state index contributed by atoms with van der Waals surface area (Å²) in [4.78, 5) is 5.86. The molecule has 4 nitrogen and oxygen atoms in total. The molecule has 0 radical (unpaired) electrons. The molecule has 1 aliphatic heterocycles. The summed E-state index contributed by atoms with van der Waals surface area (Å²) in [5.41, 5.74) is 0.399. The van der Waals surface area contributed by atoms with Gasteiger partial charge in [-0.15, -0.1) is 0 Å². The zero-order chi connectivity index (χ0) is 14.9. The van der Waals surface area contributed by atoms with Crippen LogP contribution in [0.3, 0.4) is 0 Å². The van der Waals surface area contributed by atoms with Gasteiger partial charge in [0.25, 0.3) is 0 Å². The maximum absolute atomic E-state index is 11.1. The zero-order valence-electron chi connectivity index (χ0n) is 11.1. The molecule has 6 heteroatoms. The third-order valence-corrected chi connectivity index (χ3v) is 5.02. The van der Waals surface area contributed by atoms with Crippen molar-refractivity contribution in [2.45, 2.75) is 12.3 Å². The summed E-state index contributed by atoms with van der Waals surface area (Å²) in [6.07, 6.45) is 3.47. The van der Waals surface area contributed by atoms with Gasteiger partial charge in [0.1, 0.15) is 10.1 Å². The Balaban J connectivity index is 1.95. The minimum atomic E-state index is -1.21. The molecule has 0 amide bonds. The maximum Gasteiger partial charge on any atom is 0.175 e. The minimum absolute atomic E-state index is 0.130. The van der Waals surface area contributed by atoms with Gasteiger partial charge >= 0.3 is 0 Å². The molecule has 2 heterocycles. The summed E-state index contributed by atoms with van der Waals surface area (Å²) < 4.78 is 0.643. The summed E-state index contributed by atoms with van der Waals surface area (Å²) in [7, 11) is 0. The van der Waals surface area contributed by atoms with Gasteiger partial charge in [0, 0.05) is 24.5 Å². The first-order chi connectivity index (χ1) is 10.1. The first-order valence-electron chi connectivity index (χ1n) is 6.45. The smallest absolute Gasteiger partial charge is 0.175 e. The fourth-order valence-corrected chi connectivity index (χ4v) is 3.74. The number of nitrogens with zero attached hydrogens (tertiary/aromatic N) is 2. The van der Waals surface area contributed by atoms with Crippen molar-refractivity contribution in [2.24, 2.45) is 0 Å². The lowest BCUT2D eigenvalue weighted by Crippen LogP contribution is -2.44. The van der Waals surface area contributed by atoms with Crippen molar-refractivity contribution in [3.8, 4) is 5.75 Å². The second-order valence-corrected chi connectivity index (χ2v) is 6.48. The van der Waals surface area contributed by atoms with Crippen LogP contribution in [-0.4, -0.2) is 30.2 Å². The Morgan fingerprint density at radius 1 is 1.33 bits per heavy atom. The van der Waals surface area contributed by atoms with Gasteiger partial charge < -0.3 is 15.1 Å². The molecular formula is C15H14N2O2S2. The van der Waals surface area contributed by atoms with E-state index in [0.29, 0.717) is 22.2 Å². The van der Waals surface area contributed by atoms with E-state index in [0.717, 1.165) is 5.56 Å². The average Bonchev–Trinajstić information content (AvgIpc) is 2.78. The van der Waals surface area contributed by atoms with Crippen molar-refractivity contribution in [1.29, 1.82) is 0 Å². The van der Waals surface area contributed by atoms with Crippen molar-refractivity contribution >= 4 is 28.3 Å². The Morgan fingerprint density at radius 3 is 2.90 bits per heavy atom. The molecule has 0 bridgehead atoms. The second-order valence-electron chi connectivity index (χ2n) is 4.87. The lowest BCUT2D eigenvalue weighted by atomic mass is 10.0. The van der Waals surface area contributed by atoms with E-state index in [-0.39, 0.29) is 5.75 Å². The fraction of sp³-hybridized carbons (Fsp3) is 0.200. The highest BCUT2D eigenvalue weighted by Gasteiger charge is 2.44. The maximum atomic E-state index is 11.1. The number of aromatic nitrogens is 1. The van der Waals surface area contributed by atoms with E-state index in [1.165, 1.54) is 11.8 Å². The largest absolute Gasteiger partial charge is 0.508 e. The van der Waals surface area contributed by atoms with E-state index in [1.54, 1.807) is 41.6 Å². The normalized spacial score (nSPS) is 21.8. The van der Waals surface area contributed by atoms with Crippen LogP contribution in [0, 0.1) is 0 Å². The molecule has 0 saturated carbocycles. The van der Waals surface area contributed by atoms with Crippen LogP contribution in [0.1, 0.15) is 11.1 Å². The van der Waals surface area contributed by atoms with Gasteiger partial charge in [-0.25, -0.2) is 0 Å². The number of pyridine rings is 1. The zero-order valence-corrected chi connectivity index (χ0v) is 12.8. The number of rotatable bonds is 3. The molecule has 0 spiro atoms. The van der Waals surface area contributed by atoms with E-state index >= 15 is 0 Å². The van der Waals surface area contributed by atoms with Gasteiger partial charge in [-0.3, -0.25) is 4.98 Å². The van der Waals surface area contributed by atoms with E-state index in [1.807, 2.05) is 12.1 Å². The van der Waals surface area contributed by atoms with Crippen LogP contribution in [0.2, 0.25) is 0 Å². The number of phenolic OH excluding ortho intramolecular Hbond substituents is 1. The molecule has 1 saturated heterocycles. The summed E-state index contributed by atoms with van der Waals surface area (Å²) >= 11 is 6.80. The molecule has 1 aliphatic rings. The first-order valence-corrected chi connectivity index (χ1v) is 7.84. The number of aromatic hydroxyl groups is 1. The Labute approximate surface area is 132 Å². The third kappa shape index (κ3) is 2.74. The number of hydrogen-bond acceptors (Lipinski definition) is 5. The van der Waals surface area contributed by atoms with Crippen molar-refractivity contribution in [3.05, 3.63) is 59.9 Å². The van der Waals surface area contributed by atoms with Crippen LogP contribution in [0.25, 0.3) is 0 Å². The minimum Gasteiger partial charge on any atom is -0.508 e. The molecule has 21 heavy (non-hydrogen) atoms. The summed E-state index contributed by atoms with van der Waals surface area (Å²) in [6, 6.07) is 10.5. The number of thioether (sulfide) groups is 1. The monoisotopic (exact) mass is 318 g/mol. The molecule has 1 aromatic carbocycles. The Morgan fingerprint density at radius 2 is 2.19 bits per heavy atom. The Bertz CT molecular complexity index is 666. The molecule has 1 unspecified atom stereocenters. The van der Waals surface area contributed by atoms with Crippen LogP contribution in [0.5, 0.6) is 5.75 Å². The van der Waals surface area contributed by atoms with E-state index in [4.69, 9.17) is 12.2 Å². The van der Waals surface area contributed by atoms with Gasteiger partial charge in [0.2, 0.25) is 0 Å². The SMILES string of the molecule is Oc1cccc(C2(O)CSC(=S)N2Cc2cccnc2)c1. The third-order valence-electron chi connectivity index (χ3n) is 3.44. The van der Waals surface area contributed by atoms with Crippen LogP contribution in [-0.2, 0) is 12.3 Å². The molecule has 108 valence electrons. The molecule has 2 N–H and O–H groups in total. The highest BCUT2D eigenvalue weighted by Crippen LogP contribution is 2.40. The predicted molar refractivity (Wildman–Crippen MR) is 86.8 cm³/mol. The molecule has 0 aliphatic carbocycles. The van der Waals surface area contributed by atoms with Gasteiger partial charge in [0.15, 0.2) is 5.72 Å². The predicted octanol–water partition coefficient (Wildman–Crippen LogP) is 2.47.